The quantitative estimate of drug-likeness (QED) is 0.699. The maximum atomic E-state index is 13.0. The zero-order valence-corrected chi connectivity index (χ0v) is 18.1. The Labute approximate surface area is 175 Å². The SMILES string of the molecule is Cc1cc(N2CCc3cc(C(F)(F)F)ccc3C2)nc(C)c1NC(=O)CC(C)(C)C. The van der Waals surface area contributed by atoms with Crippen molar-refractivity contribution in [1.82, 2.24) is 4.98 Å². The van der Waals surface area contributed by atoms with Crippen molar-refractivity contribution in [3.05, 3.63) is 52.2 Å². The van der Waals surface area contributed by atoms with Crippen molar-refractivity contribution < 1.29 is 18.0 Å². The molecule has 1 aromatic carbocycles. The van der Waals surface area contributed by atoms with Crippen LogP contribution >= 0.6 is 0 Å². The fourth-order valence-electron chi connectivity index (χ4n) is 3.75. The number of aromatic nitrogens is 1. The summed E-state index contributed by atoms with van der Waals surface area (Å²) >= 11 is 0. The minimum absolute atomic E-state index is 0.0457. The molecule has 1 aromatic heterocycles. The summed E-state index contributed by atoms with van der Waals surface area (Å²) < 4.78 is 38.9. The van der Waals surface area contributed by atoms with Crippen LogP contribution in [0.5, 0.6) is 0 Å². The highest BCUT2D eigenvalue weighted by Crippen LogP contribution is 2.33. The van der Waals surface area contributed by atoms with E-state index in [1.54, 1.807) is 6.07 Å². The van der Waals surface area contributed by atoms with Crippen LogP contribution in [-0.2, 0) is 23.9 Å². The third-order valence-electron chi connectivity index (χ3n) is 5.21. The van der Waals surface area contributed by atoms with Crippen LogP contribution < -0.4 is 10.2 Å². The summed E-state index contributed by atoms with van der Waals surface area (Å²) in [4.78, 5) is 19.1. The molecule has 2 aromatic rings. The van der Waals surface area contributed by atoms with Crippen molar-refractivity contribution in [3.8, 4) is 0 Å². The van der Waals surface area contributed by atoms with Crippen molar-refractivity contribution in [2.45, 2.75) is 60.2 Å². The van der Waals surface area contributed by atoms with Gasteiger partial charge in [0.05, 0.1) is 16.9 Å². The van der Waals surface area contributed by atoms with E-state index in [0.29, 0.717) is 25.9 Å². The van der Waals surface area contributed by atoms with Crippen molar-refractivity contribution in [2.75, 3.05) is 16.8 Å². The van der Waals surface area contributed by atoms with Gasteiger partial charge in [0.2, 0.25) is 5.91 Å². The Morgan fingerprint density at radius 2 is 1.83 bits per heavy atom. The molecule has 0 aliphatic carbocycles. The molecule has 1 amide bonds. The molecule has 0 unspecified atom stereocenters. The number of rotatable bonds is 3. The number of carbonyl (C=O) groups excluding carboxylic acids is 1. The molecule has 7 heteroatoms. The molecule has 3 rings (SSSR count). The number of aryl methyl sites for hydroxylation is 2. The first-order valence-electron chi connectivity index (χ1n) is 10.1. The number of hydrogen-bond acceptors (Lipinski definition) is 3. The van der Waals surface area contributed by atoms with Gasteiger partial charge in [0, 0.05) is 19.5 Å². The Kier molecular flexibility index (Phi) is 5.85. The van der Waals surface area contributed by atoms with Gasteiger partial charge >= 0.3 is 6.18 Å². The maximum Gasteiger partial charge on any atom is 0.416 e. The van der Waals surface area contributed by atoms with Gasteiger partial charge in [-0.15, -0.1) is 0 Å². The second kappa shape index (κ2) is 7.93. The average Bonchev–Trinajstić information content (AvgIpc) is 2.61. The van der Waals surface area contributed by atoms with E-state index >= 15 is 0 Å². The number of alkyl halides is 3. The molecule has 0 atom stereocenters. The Morgan fingerprint density at radius 3 is 2.43 bits per heavy atom. The fourth-order valence-corrected chi connectivity index (χ4v) is 3.75. The number of hydrogen-bond donors (Lipinski definition) is 1. The van der Waals surface area contributed by atoms with Crippen molar-refractivity contribution in [1.29, 1.82) is 0 Å². The highest BCUT2D eigenvalue weighted by Gasteiger charge is 2.31. The Balaban J connectivity index is 1.79. The highest BCUT2D eigenvalue weighted by atomic mass is 19.4. The van der Waals surface area contributed by atoms with E-state index in [1.165, 1.54) is 6.07 Å². The Morgan fingerprint density at radius 1 is 1.13 bits per heavy atom. The summed E-state index contributed by atoms with van der Waals surface area (Å²) in [6, 6.07) is 5.88. The Hall–Kier alpha value is -2.57. The minimum atomic E-state index is -4.32. The molecule has 1 N–H and O–H groups in total. The standard InChI is InChI=1S/C23H28F3N3O/c1-14-10-19(27-15(2)21(14)28-20(30)12-22(3,4)5)29-9-8-16-11-18(23(24,25)26)7-6-17(16)13-29/h6-7,10-11H,8-9,12-13H2,1-5H3,(H,28,30). The van der Waals surface area contributed by atoms with Crippen LogP contribution in [0.25, 0.3) is 0 Å². The lowest BCUT2D eigenvalue weighted by Crippen LogP contribution is -2.31. The van der Waals surface area contributed by atoms with Crippen LogP contribution in [0.4, 0.5) is 24.7 Å². The molecule has 162 valence electrons. The van der Waals surface area contributed by atoms with Gasteiger partial charge in [-0.1, -0.05) is 26.8 Å². The molecule has 1 aliphatic rings. The smallest absolute Gasteiger partial charge is 0.352 e. The van der Waals surface area contributed by atoms with E-state index in [0.717, 1.165) is 40.0 Å². The Bertz CT molecular complexity index is 938. The van der Waals surface area contributed by atoms with Gasteiger partial charge in [-0.2, -0.15) is 13.2 Å². The van der Waals surface area contributed by atoms with Gasteiger partial charge in [-0.05, 0) is 60.6 Å². The van der Waals surface area contributed by atoms with Gasteiger partial charge in [-0.3, -0.25) is 4.79 Å². The number of amides is 1. The molecule has 0 spiro atoms. The van der Waals surface area contributed by atoms with Gasteiger partial charge in [0.1, 0.15) is 5.82 Å². The molecule has 4 nitrogen and oxygen atoms in total. The molecule has 0 saturated heterocycles. The zero-order valence-electron chi connectivity index (χ0n) is 18.1. The van der Waals surface area contributed by atoms with Crippen LogP contribution in [0.3, 0.4) is 0 Å². The van der Waals surface area contributed by atoms with E-state index in [9.17, 15) is 18.0 Å². The monoisotopic (exact) mass is 419 g/mol. The normalized spacial score (nSPS) is 14.5. The van der Waals surface area contributed by atoms with Gasteiger partial charge in [-0.25, -0.2) is 4.98 Å². The minimum Gasteiger partial charge on any atom is -0.352 e. The maximum absolute atomic E-state index is 13.0. The molecule has 0 saturated carbocycles. The average molecular weight is 419 g/mol. The zero-order chi connectivity index (χ0) is 22.3. The molecule has 1 aliphatic heterocycles. The summed E-state index contributed by atoms with van der Waals surface area (Å²) in [6.45, 7) is 10.9. The van der Waals surface area contributed by atoms with Gasteiger partial charge < -0.3 is 10.2 Å². The molecule has 0 fully saturated rings. The van der Waals surface area contributed by atoms with E-state index in [-0.39, 0.29) is 11.3 Å². The van der Waals surface area contributed by atoms with Crippen molar-refractivity contribution in [3.63, 3.8) is 0 Å². The lowest BCUT2D eigenvalue weighted by molar-refractivity contribution is -0.137. The molecular weight excluding hydrogens is 391 g/mol. The topological polar surface area (TPSA) is 45.2 Å². The summed E-state index contributed by atoms with van der Waals surface area (Å²) in [5.41, 5.74) is 3.28. The lowest BCUT2D eigenvalue weighted by atomic mass is 9.92. The third-order valence-corrected chi connectivity index (χ3v) is 5.21. The van der Waals surface area contributed by atoms with Crippen LogP contribution in [0, 0.1) is 19.3 Å². The number of carbonyl (C=O) groups is 1. The summed E-state index contributed by atoms with van der Waals surface area (Å²) in [6.07, 6.45) is -3.38. The molecule has 2 heterocycles. The largest absolute Gasteiger partial charge is 0.416 e. The number of benzene rings is 1. The first-order valence-corrected chi connectivity index (χ1v) is 10.1. The van der Waals surface area contributed by atoms with Gasteiger partial charge in [0.15, 0.2) is 0 Å². The predicted octanol–water partition coefficient (Wildman–Crippen LogP) is 5.65. The molecule has 0 bridgehead atoms. The second-order valence-corrected chi connectivity index (χ2v) is 9.20. The first-order chi connectivity index (χ1) is 13.8. The summed E-state index contributed by atoms with van der Waals surface area (Å²) in [5, 5.41) is 2.97. The van der Waals surface area contributed by atoms with Gasteiger partial charge in [0.25, 0.3) is 0 Å². The van der Waals surface area contributed by atoms with E-state index in [2.05, 4.69) is 15.2 Å². The number of fused-ring (bicyclic) bond motifs is 1. The van der Waals surface area contributed by atoms with Crippen molar-refractivity contribution in [2.24, 2.45) is 5.41 Å². The number of nitrogens with one attached hydrogen (secondary N) is 1. The van der Waals surface area contributed by atoms with Crippen LogP contribution in [0.1, 0.15) is 55.1 Å². The summed E-state index contributed by atoms with van der Waals surface area (Å²) in [7, 11) is 0. The lowest BCUT2D eigenvalue weighted by Gasteiger charge is -2.31. The number of nitrogens with zero attached hydrogens (tertiary/aromatic N) is 2. The van der Waals surface area contributed by atoms with Crippen molar-refractivity contribution >= 4 is 17.4 Å². The second-order valence-electron chi connectivity index (χ2n) is 9.20. The van der Waals surface area contributed by atoms with E-state index in [4.69, 9.17) is 0 Å². The number of halogens is 3. The molecular formula is C23H28F3N3O. The van der Waals surface area contributed by atoms with E-state index < -0.39 is 11.7 Å². The number of pyridine rings is 1. The van der Waals surface area contributed by atoms with Crippen LogP contribution in [0.15, 0.2) is 24.3 Å². The molecule has 30 heavy (non-hydrogen) atoms. The fraction of sp³-hybridized carbons (Fsp3) is 0.478. The predicted molar refractivity (Wildman–Crippen MR) is 113 cm³/mol. The third kappa shape index (κ3) is 5.12. The number of anilines is 2. The van der Waals surface area contributed by atoms with E-state index in [1.807, 2.05) is 40.7 Å². The summed E-state index contributed by atoms with van der Waals surface area (Å²) in [5.74, 6) is 0.722. The van der Waals surface area contributed by atoms with Crippen LogP contribution in [-0.4, -0.2) is 17.4 Å². The molecule has 0 radical (unpaired) electrons. The van der Waals surface area contributed by atoms with Crippen LogP contribution in [0.2, 0.25) is 0 Å². The first kappa shape index (κ1) is 22.1. The highest BCUT2D eigenvalue weighted by molar-refractivity contribution is 5.92.